The first-order valence-corrected chi connectivity index (χ1v) is 15.1. The zero-order chi connectivity index (χ0) is 24.1. The van der Waals surface area contributed by atoms with Crippen molar-refractivity contribution in [2.45, 2.75) is 50.3 Å². The van der Waals surface area contributed by atoms with Gasteiger partial charge in [-0.15, -0.1) is 0 Å². The number of ether oxygens (including phenoxy) is 1. The molecule has 9 heteroatoms. The molecule has 0 aliphatic heterocycles. The molecule has 0 saturated carbocycles. The first kappa shape index (κ1) is 25.6. The van der Waals surface area contributed by atoms with Crippen molar-refractivity contribution in [1.82, 2.24) is 0 Å². The zero-order valence-electron chi connectivity index (χ0n) is 17.9. The van der Waals surface area contributed by atoms with Gasteiger partial charge in [-0.2, -0.15) is 0 Å². The summed E-state index contributed by atoms with van der Waals surface area (Å²) >= 11 is 6.63. The molecule has 0 heterocycles. The molecule has 3 aromatic rings. The van der Waals surface area contributed by atoms with E-state index in [-0.39, 0.29) is 10.8 Å². The summed E-state index contributed by atoms with van der Waals surface area (Å²) in [6, 6.07) is 9.35. The van der Waals surface area contributed by atoms with Crippen molar-refractivity contribution >= 4 is 94.6 Å². The fourth-order valence-corrected chi connectivity index (χ4v) is 8.11. The van der Waals surface area contributed by atoms with Crippen LogP contribution in [0, 0.1) is 10.7 Å². The first-order chi connectivity index (χ1) is 15.5. The van der Waals surface area contributed by atoms with Gasteiger partial charge in [-0.25, -0.2) is 13.2 Å². The Balaban J connectivity index is 1.91. The summed E-state index contributed by atoms with van der Waals surface area (Å²) in [4.78, 5) is 13.4. The van der Waals surface area contributed by atoms with E-state index < -0.39 is 16.1 Å². The molecule has 0 fully saturated rings. The number of esters is 1. The van der Waals surface area contributed by atoms with Crippen LogP contribution in [0.1, 0.15) is 59.7 Å². The van der Waals surface area contributed by atoms with E-state index in [0.717, 1.165) is 34.3 Å². The van der Waals surface area contributed by atoms with Crippen molar-refractivity contribution in [3.8, 4) is 5.75 Å². The molecule has 174 valence electrons. The van der Waals surface area contributed by atoms with Gasteiger partial charge >= 0.3 is 5.97 Å². The monoisotopic (exact) mass is 801 g/mol. The number of halogens is 3. The minimum atomic E-state index is -4.63. The summed E-state index contributed by atoms with van der Waals surface area (Å²) in [5, 5.41) is 2.06. The van der Waals surface area contributed by atoms with Gasteiger partial charge in [0.1, 0.15) is 15.9 Å². The summed E-state index contributed by atoms with van der Waals surface area (Å²) in [5.41, 5.74) is 2.25. The maximum atomic E-state index is 13.6. The molecule has 1 aliphatic rings. The molecule has 1 aliphatic carbocycles. The van der Waals surface area contributed by atoms with Crippen LogP contribution in [0.15, 0.2) is 35.2 Å². The SMILES string of the molecule is CC(C)c1cc(S(=O)(=O)[O-])c2c(c1OC(=O)c1c(I)c(I)c3ccccc3c1I)CCCC2. The Morgan fingerprint density at radius 2 is 1.55 bits per heavy atom. The normalized spacial score (nSPS) is 13.9. The number of fused-ring (bicyclic) bond motifs is 2. The Hall–Kier alpha value is -0.510. The van der Waals surface area contributed by atoms with E-state index in [9.17, 15) is 17.8 Å². The van der Waals surface area contributed by atoms with Crippen LogP contribution < -0.4 is 4.74 Å². The van der Waals surface area contributed by atoms with E-state index in [2.05, 4.69) is 67.8 Å². The number of hydrogen-bond donors (Lipinski definition) is 0. The smallest absolute Gasteiger partial charge is 0.345 e. The van der Waals surface area contributed by atoms with Crippen LogP contribution in [0.3, 0.4) is 0 Å². The van der Waals surface area contributed by atoms with E-state index in [1.807, 2.05) is 38.1 Å². The number of carbonyl (C=O) groups is 1. The van der Waals surface area contributed by atoms with Crippen LogP contribution in [-0.2, 0) is 23.0 Å². The third kappa shape index (κ3) is 4.81. The average Bonchev–Trinajstić information content (AvgIpc) is 2.76. The Morgan fingerprint density at radius 3 is 2.12 bits per heavy atom. The molecule has 0 atom stereocenters. The van der Waals surface area contributed by atoms with E-state index in [1.54, 1.807) is 0 Å². The van der Waals surface area contributed by atoms with Gasteiger partial charge in [0.15, 0.2) is 0 Å². The lowest BCUT2D eigenvalue weighted by Crippen LogP contribution is -2.19. The lowest BCUT2D eigenvalue weighted by Gasteiger charge is -2.27. The molecular weight excluding hydrogens is 781 g/mol. The number of hydrogen-bond acceptors (Lipinski definition) is 5. The summed E-state index contributed by atoms with van der Waals surface area (Å²) < 4.78 is 44.8. The van der Waals surface area contributed by atoms with E-state index in [4.69, 9.17) is 4.74 Å². The van der Waals surface area contributed by atoms with Crippen LogP contribution in [0.2, 0.25) is 0 Å². The second-order valence-corrected chi connectivity index (χ2v) is 12.9. The van der Waals surface area contributed by atoms with Crippen molar-refractivity contribution in [2.75, 3.05) is 0 Å². The third-order valence-electron chi connectivity index (χ3n) is 5.91. The Kier molecular flexibility index (Phi) is 7.64. The topological polar surface area (TPSA) is 83.5 Å². The minimum Gasteiger partial charge on any atom is -0.744 e. The van der Waals surface area contributed by atoms with Crippen molar-refractivity contribution in [1.29, 1.82) is 0 Å². The maximum absolute atomic E-state index is 13.6. The third-order valence-corrected chi connectivity index (χ3v) is 11.2. The van der Waals surface area contributed by atoms with Crippen LogP contribution in [-0.4, -0.2) is 18.9 Å². The molecule has 0 unspecified atom stereocenters. The fourth-order valence-electron chi connectivity index (χ4n) is 4.32. The van der Waals surface area contributed by atoms with Gasteiger partial charge in [0, 0.05) is 10.7 Å². The predicted octanol–water partition coefficient (Wildman–Crippen LogP) is 6.78. The maximum Gasteiger partial charge on any atom is 0.345 e. The molecule has 0 radical (unpaired) electrons. The van der Waals surface area contributed by atoms with E-state index in [1.165, 1.54) is 6.07 Å². The quantitative estimate of drug-likeness (QED) is 0.0957. The van der Waals surface area contributed by atoms with E-state index >= 15 is 0 Å². The molecule has 5 nitrogen and oxygen atoms in total. The van der Waals surface area contributed by atoms with E-state index in [0.29, 0.717) is 40.8 Å². The highest BCUT2D eigenvalue weighted by molar-refractivity contribution is 14.1. The second-order valence-electron chi connectivity index (χ2n) is 8.32. The van der Waals surface area contributed by atoms with Crippen molar-refractivity contribution in [3.05, 3.63) is 63.3 Å². The van der Waals surface area contributed by atoms with Crippen LogP contribution >= 0.6 is 67.8 Å². The molecular formula is C24H20I3O5S-. The number of carbonyl (C=O) groups excluding carboxylic acids is 1. The van der Waals surface area contributed by atoms with Gasteiger partial charge in [0.25, 0.3) is 0 Å². The highest BCUT2D eigenvalue weighted by Gasteiger charge is 2.29. The highest BCUT2D eigenvalue weighted by atomic mass is 127. The molecule has 0 N–H and O–H groups in total. The lowest BCUT2D eigenvalue weighted by atomic mass is 9.87. The van der Waals surface area contributed by atoms with Gasteiger partial charge in [-0.3, -0.25) is 0 Å². The molecule has 3 aromatic carbocycles. The first-order valence-electron chi connectivity index (χ1n) is 10.4. The van der Waals surface area contributed by atoms with Crippen LogP contribution in [0.5, 0.6) is 5.75 Å². The average molecular weight is 801 g/mol. The molecule has 0 amide bonds. The molecule has 0 aromatic heterocycles. The minimum absolute atomic E-state index is 0.129. The van der Waals surface area contributed by atoms with Crippen LogP contribution in [0.4, 0.5) is 0 Å². The molecule has 0 saturated heterocycles. The number of benzene rings is 3. The van der Waals surface area contributed by atoms with Crippen molar-refractivity contribution < 1.29 is 22.5 Å². The van der Waals surface area contributed by atoms with Gasteiger partial charge < -0.3 is 9.29 Å². The summed E-state index contributed by atoms with van der Waals surface area (Å²) in [5.74, 6) is -0.192. The second kappa shape index (κ2) is 9.86. The Bertz CT molecular complexity index is 1400. The van der Waals surface area contributed by atoms with Crippen molar-refractivity contribution in [3.63, 3.8) is 0 Å². The molecule has 33 heavy (non-hydrogen) atoms. The summed E-state index contributed by atoms with van der Waals surface area (Å²) in [6.07, 6.45) is 2.70. The predicted molar refractivity (Wildman–Crippen MR) is 152 cm³/mol. The standard InChI is InChI=1S/C24H21I3O5S/c1-12(2)17-11-18(33(29,30)31)13-7-3-6-10-16(13)23(17)32-24(28)19-20(25)14-8-4-5-9-15(14)21(26)22(19)27/h4-5,8-9,11-12H,3,6-7,10H2,1-2H3,(H,29,30,31)/p-1. The lowest BCUT2D eigenvalue weighted by molar-refractivity contribution is 0.0728. The van der Waals surface area contributed by atoms with Gasteiger partial charge in [-0.1, -0.05) is 38.1 Å². The summed E-state index contributed by atoms with van der Waals surface area (Å²) in [6.45, 7) is 3.80. The molecule has 4 rings (SSSR count). The summed E-state index contributed by atoms with van der Waals surface area (Å²) in [7, 11) is -4.63. The van der Waals surface area contributed by atoms with Crippen molar-refractivity contribution in [2.24, 2.45) is 0 Å². The Labute approximate surface area is 234 Å². The van der Waals surface area contributed by atoms with Gasteiger partial charge in [0.2, 0.25) is 0 Å². The van der Waals surface area contributed by atoms with Crippen LogP contribution in [0.25, 0.3) is 10.8 Å². The Morgan fingerprint density at radius 1 is 0.970 bits per heavy atom. The molecule has 0 bridgehead atoms. The van der Waals surface area contributed by atoms with Gasteiger partial charge in [-0.05, 0) is 133 Å². The molecule has 0 spiro atoms. The highest BCUT2D eigenvalue weighted by Crippen LogP contribution is 2.41. The fraction of sp³-hybridized carbons (Fsp3) is 0.292. The van der Waals surface area contributed by atoms with Gasteiger partial charge in [0.05, 0.1) is 10.5 Å². The zero-order valence-corrected chi connectivity index (χ0v) is 25.2. The largest absolute Gasteiger partial charge is 0.744 e. The number of rotatable bonds is 4.